The van der Waals surface area contributed by atoms with Crippen LogP contribution in [0.25, 0.3) is 5.52 Å². The number of halogens is 1. The largest absolute Gasteiger partial charge is 0.325 e. The van der Waals surface area contributed by atoms with Crippen molar-refractivity contribution in [3.8, 4) is 6.07 Å². The number of H-pyrrole nitrogens is 1. The van der Waals surface area contributed by atoms with Gasteiger partial charge in [0.2, 0.25) is 0 Å². The molecule has 0 aliphatic heterocycles. The van der Waals surface area contributed by atoms with Crippen LogP contribution in [0.15, 0.2) is 41.5 Å². The average Bonchev–Trinajstić information content (AvgIpc) is 2.94. The zero-order chi connectivity index (χ0) is 14.1. The van der Waals surface area contributed by atoms with Gasteiger partial charge in [-0.25, -0.2) is 8.91 Å². The predicted octanol–water partition coefficient (Wildman–Crippen LogP) is 1.62. The van der Waals surface area contributed by atoms with Crippen molar-refractivity contribution in [2.45, 2.75) is 6.42 Å². The van der Waals surface area contributed by atoms with Gasteiger partial charge in [0, 0.05) is 12.6 Å². The first-order valence-corrected chi connectivity index (χ1v) is 5.92. The highest BCUT2D eigenvalue weighted by atomic mass is 19.1. The topological polar surface area (TPSA) is 73.9 Å². The molecule has 0 atom stereocenters. The first-order chi connectivity index (χ1) is 9.69. The van der Waals surface area contributed by atoms with Gasteiger partial charge in [0.1, 0.15) is 17.4 Å². The molecule has 0 aliphatic carbocycles. The maximum absolute atomic E-state index is 13.3. The van der Waals surface area contributed by atoms with E-state index in [0.29, 0.717) is 11.9 Å². The highest BCUT2D eigenvalue weighted by Gasteiger charge is 2.08. The number of nitriles is 1. The van der Waals surface area contributed by atoms with Gasteiger partial charge in [-0.2, -0.15) is 10.4 Å². The van der Waals surface area contributed by atoms with Crippen molar-refractivity contribution >= 4 is 5.52 Å². The molecule has 3 aromatic rings. The van der Waals surface area contributed by atoms with Crippen LogP contribution in [-0.4, -0.2) is 14.6 Å². The first kappa shape index (κ1) is 12.1. The second-order valence-corrected chi connectivity index (χ2v) is 4.34. The van der Waals surface area contributed by atoms with Crippen molar-refractivity contribution in [2.75, 3.05) is 0 Å². The monoisotopic (exact) mass is 268 g/mol. The van der Waals surface area contributed by atoms with Gasteiger partial charge in [0.05, 0.1) is 17.5 Å². The summed E-state index contributed by atoms with van der Waals surface area (Å²) in [4.78, 5) is 14.2. The lowest BCUT2D eigenvalue weighted by atomic mass is 10.1. The minimum Gasteiger partial charge on any atom is -0.325 e. The van der Waals surface area contributed by atoms with Gasteiger partial charge in [-0.3, -0.25) is 4.79 Å². The van der Waals surface area contributed by atoms with E-state index in [4.69, 9.17) is 5.26 Å². The third-order valence-electron chi connectivity index (χ3n) is 3.05. The van der Waals surface area contributed by atoms with E-state index in [0.717, 1.165) is 11.3 Å². The van der Waals surface area contributed by atoms with Gasteiger partial charge in [0.25, 0.3) is 5.56 Å². The van der Waals surface area contributed by atoms with Crippen molar-refractivity contribution in [1.29, 1.82) is 5.26 Å². The number of nitrogens with one attached hydrogen (secondary N) is 1. The molecule has 0 bridgehead atoms. The summed E-state index contributed by atoms with van der Waals surface area (Å²) in [6.45, 7) is 0. The van der Waals surface area contributed by atoms with E-state index in [1.54, 1.807) is 24.5 Å². The van der Waals surface area contributed by atoms with Crippen molar-refractivity contribution in [1.82, 2.24) is 14.6 Å². The van der Waals surface area contributed by atoms with Crippen LogP contribution in [0.4, 0.5) is 4.39 Å². The highest BCUT2D eigenvalue weighted by Crippen LogP contribution is 2.13. The number of rotatable bonds is 2. The number of hydrogen-bond donors (Lipinski definition) is 1. The van der Waals surface area contributed by atoms with Crippen LogP contribution in [0.2, 0.25) is 0 Å². The smallest absolute Gasteiger partial charge is 0.273 e. The number of hydrogen-bond acceptors (Lipinski definition) is 3. The van der Waals surface area contributed by atoms with Crippen LogP contribution in [0.1, 0.15) is 16.8 Å². The molecule has 1 N–H and O–H groups in total. The number of aromatic amines is 1. The van der Waals surface area contributed by atoms with E-state index >= 15 is 0 Å². The molecule has 98 valence electrons. The zero-order valence-electron chi connectivity index (χ0n) is 10.3. The lowest BCUT2D eigenvalue weighted by molar-refractivity contribution is 0.623. The van der Waals surface area contributed by atoms with Gasteiger partial charge in [-0.05, 0) is 23.8 Å². The number of fused-ring (bicyclic) bond motifs is 1. The minimum atomic E-state index is -0.540. The fourth-order valence-electron chi connectivity index (χ4n) is 2.09. The Hall–Kier alpha value is -2.94. The molecule has 0 saturated heterocycles. The average molecular weight is 268 g/mol. The second-order valence-electron chi connectivity index (χ2n) is 4.34. The molecule has 5 nitrogen and oxygen atoms in total. The Morgan fingerprint density at radius 3 is 3.05 bits per heavy atom. The van der Waals surface area contributed by atoms with E-state index in [9.17, 15) is 9.18 Å². The second kappa shape index (κ2) is 4.63. The molecule has 3 rings (SSSR count). The molecule has 6 heteroatoms. The fourth-order valence-corrected chi connectivity index (χ4v) is 2.09. The molecule has 0 saturated carbocycles. The third kappa shape index (κ3) is 1.95. The predicted molar refractivity (Wildman–Crippen MR) is 69.7 cm³/mol. The van der Waals surface area contributed by atoms with Gasteiger partial charge in [-0.1, -0.05) is 6.07 Å². The van der Waals surface area contributed by atoms with Gasteiger partial charge >= 0.3 is 0 Å². The molecule has 0 unspecified atom stereocenters. The molecule has 2 aromatic heterocycles. The van der Waals surface area contributed by atoms with E-state index in [-0.39, 0.29) is 11.1 Å². The molecular weight excluding hydrogens is 259 g/mol. The number of benzene rings is 1. The molecule has 0 fully saturated rings. The van der Waals surface area contributed by atoms with E-state index in [2.05, 4.69) is 10.1 Å². The van der Waals surface area contributed by atoms with E-state index in [1.165, 1.54) is 16.6 Å². The molecular formula is C14H9FN4O. The Labute approximate surface area is 112 Å². The normalized spacial score (nSPS) is 10.6. The first-order valence-electron chi connectivity index (χ1n) is 5.92. The Morgan fingerprint density at radius 1 is 1.40 bits per heavy atom. The van der Waals surface area contributed by atoms with E-state index in [1.807, 2.05) is 6.07 Å². The quantitative estimate of drug-likeness (QED) is 0.767. The lowest BCUT2D eigenvalue weighted by Crippen LogP contribution is -2.13. The van der Waals surface area contributed by atoms with Gasteiger partial charge < -0.3 is 4.98 Å². The molecule has 1 aromatic carbocycles. The molecule has 0 radical (unpaired) electrons. The van der Waals surface area contributed by atoms with Crippen molar-refractivity contribution in [3.05, 3.63) is 69.7 Å². The molecule has 20 heavy (non-hydrogen) atoms. The summed E-state index contributed by atoms with van der Waals surface area (Å²) in [7, 11) is 0. The molecule has 0 amide bonds. The van der Waals surface area contributed by atoms with Crippen molar-refractivity contribution < 1.29 is 4.39 Å². The summed E-state index contributed by atoms with van der Waals surface area (Å²) in [5.41, 5.74) is 1.75. The Morgan fingerprint density at radius 2 is 2.25 bits per heavy atom. The maximum atomic E-state index is 13.3. The SMILES string of the molecule is N#Cc1cc(Cc2c[nH]c(=O)c3ccnn23)ccc1F. The van der Waals surface area contributed by atoms with Crippen LogP contribution in [-0.2, 0) is 6.42 Å². The van der Waals surface area contributed by atoms with Crippen LogP contribution in [0.3, 0.4) is 0 Å². The summed E-state index contributed by atoms with van der Waals surface area (Å²) >= 11 is 0. The van der Waals surface area contributed by atoms with Crippen LogP contribution in [0.5, 0.6) is 0 Å². The van der Waals surface area contributed by atoms with Crippen LogP contribution < -0.4 is 5.56 Å². The molecule has 0 aliphatic rings. The van der Waals surface area contributed by atoms with Gasteiger partial charge in [-0.15, -0.1) is 0 Å². The Balaban J connectivity index is 2.06. The molecule has 0 spiro atoms. The van der Waals surface area contributed by atoms with Crippen molar-refractivity contribution in [3.63, 3.8) is 0 Å². The standard InChI is InChI=1S/C14H9FN4O/c15-12-2-1-9(5-10(12)7-16)6-11-8-17-14(20)13-3-4-18-19(11)13/h1-5,8H,6H2,(H,17,20). The summed E-state index contributed by atoms with van der Waals surface area (Å²) in [5.74, 6) is -0.540. The summed E-state index contributed by atoms with van der Waals surface area (Å²) < 4.78 is 14.8. The van der Waals surface area contributed by atoms with Crippen molar-refractivity contribution in [2.24, 2.45) is 0 Å². The maximum Gasteiger partial charge on any atom is 0.273 e. The molecule has 2 heterocycles. The zero-order valence-corrected chi connectivity index (χ0v) is 10.3. The summed E-state index contributed by atoms with van der Waals surface area (Å²) in [6, 6.07) is 7.79. The summed E-state index contributed by atoms with van der Waals surface area (Å²) in [6.07, 6.45) is 3.54. The van der Waals surface area contributed by atoms with Gasteiger partial charge in [0.15, 0.2) is 0 Å². The Kier molecular flexibility index (Phi) is 2.80. The van der Waals surface area contributed by atoms with Crippen LogP contribution >= 0.6 is 0 Å². The minimum absolute atomic E-state index is 0.00336. The number of nitrogens with zero attached hydrogens (tertiary/aromatic N) is 3. The van der Waals surface area contributed by atoms with Crippen LogP contribution in [0, 0.1) is 17.1 Å². The lowest BCUT2D eigenvalue weighted by Gasteiger charge is -2.05. The third-order valence-corrected chi connectivity index (χ3v) is 3.05. The Bertz CT molecular complexity index is 888. The highest BCUT2D eigenvalue weighted by molar-refractivity contribution is 5.44. The van der Waals surface area contributed by atoms with E-state index < -0.39 is 5.82 Å². The fraction of sp³-hybridized carbons (Fsp3) is 0.0714. The number of aromatic nitrogens is 3. The summed E-state index contributed by atoms with van der Waals surface area (Å²) in [5, 5.41) is 12.9.